The van der Waals surface area contributed by atoms with Crippen molar-refractivity contribution in [1.29, 1.82) is 0 Å². The van der Waals surface area contributed by atoms with Crippen molar-refractivity contribution in [2.75, 3.05) is 31.1 Å². The van der Waals surface area contributed by atoms with E-state index >= 15 is 0 Å². The number of morpholine rings is 1. The Bertz CT molecular complexity index is 842. The lowest BCUT2D eigenvalue weighted by molar-refractivity contribution is -0.158. The number of rotatable bonds is 3. The molecule has 5 heteroatoms. The first-order valence-electron chi connectivity index (χ1n) is 10.1. The molecule has 1 amide bonds. The predicted molar refractivity (Wildman–Crippen MR) is 108 cm³/mol. The quantitative estimate of drug-likeness (QED) is 0.807. The van der Waals surface area contributed by atoms with Gasteiger partial charge in [0.1, 0.15) is 5.82 Å². The molecule has 28 heavy (non-hydrogen) atoms. The van der Waals surface area contributed by atoms with Gasteiger partial charge in [0.25, 0.3) is 5.91 Å². The number of anilines is 1. The van der Waals surface area contributed by atoms with E-state index in [1.165, 1.54) is 6.07 Å². The molecule has 2 aromatic carbocycles. The normalized spacial score (nSPS) is 23.8. The van der Waals surface area contributed by atoms with Crippen LogP contribution in [0.1, 0.15) is 30.4 Å². The van der Waals surface area contributed by atoms with Crippen LogP contribution < -0.4 is 4.90 Å². The minimum atomic E-state index is -0.814. The van der Waals surface area contributed by atoms with E-state index in [9.17, 15) is 9.18 Å². The highest BCUT2D eigenvalue weighted by molar-refractivity contribution is 6.00. The fraction of sp³-hybridized carbons (Fsp3) is 0.435. The monoisotopic (exact) mass is 382 g/mol. The zero-order chi connectivity index (χ0) is 19.6. The van der Waals surface area contributed by atoms with Gasteiger partial charge in [-0.05, 0) is 61.6 Å². The summed E-state index contributed by atoms with van der Waals surface area (Å²) in [7, 11) is 0. The number of nitrogens with zero attached hydrogens (tertiary/aromatic N) is 2. The van der Waals surface area contributed by atoms with E-state index in [0.29, 0.717) is 19.7 Å². The minimum absolute atomic E-state index is 0.0527. The van der Waals surface area contributed by atoms with E-state index in [2.05, 4.69) is 4.90 Å². The molecule has 2 aromatic rings. The Labute approximate surface area is 165 Å². The first kappa shape index (κ1) is 19.1. The fourth-order valence-corrected chi connectivity index (χ4v) is 4.31. The van der Waals surface area contributed by atoms with Crippen molar-refractivity contribution in [3.8, 4) is 0 Å². The molecule has 0 bridgehead atoms. The van der Waals surface area contributed by atoms with Gasteiger partial charge in [-0.25, -0.2) is 4.39 Å². The maximum Gasteiger partial charge on any atom is 0.260 e. The van der Waals surface area contributed by atoms with E-state index in [1.54, 1.807) is 6.07 Å². The molecule has 2 fully saturated rings. The third-order valence-corrected chi connectivity index (χ3v) is 5.89. The summed E-state index contributed by atoms with van der Waals surface area (Å²) < 4.78 is 19.9. The molecule has 0 radical (unpaired) electrons. The Hall–Kier alpha value is -2.24. The van der Waals surface area contributed by atoms with Gasteiger partial charge in [0, 0.05) is 31.9 Å². The molecular formula is C23H27FN2O2. The molecular weight excluding hydrogens is 355 g/mol. The molecule has 0 aliphatic carbocycles. The summed E-state index contributed by atoms with van der Waals surface area (Å²) >= 11 is 0. The molecule has 0 saturated carbocycles. The number of benzene rings is 2. The van der Waals surface area contributed by atoms with E-state index < -0.39 is 5.60 Å². The Morgan fingerprint density at radius 3 is 2.75 bits per heavy atom. The van der Waals surface area contributed by atoms with Crippen LogP contribution >= 0.6 is 0 Å². The van der Waals surface area contributed by atoms with Crippen molar-refractivity contribution in [3.05, 3.63) is 65.5 Å². The zero-order valence-corrected chi connectivity index (χ0v) is 16.4. The standard InChI is InChI=1S/C23H27FN2O2/c1-18-9-10-20(24)15-19(18)16-25-13-14-28-23(17-25)11-5-6-12-26(22(23)27)21-7-3-2-4-8-21/h2-4,7-10,15H,5-6,11-14,16-17H2,1H3. The maximum absolute atomic E-state index is 13.7. The minimum Gasteiger partial charge on any atom is -0.362 e. The number of carbonyl (C=O) groups excluding carboxylic acids is 1. The van der Waals surface area contributed by atoms with Crippen molar-refractivity contribution in [2.45, 2.75) is 38.3 Å². The highest BCUT2D eigenvalue weighted by Crippen LogP contribution is 2.33. The molecule has 2 aliphatic heterocycles. The van der Waals surface area contributed by atoms with Crippen LogP contribution in [0, 0.1) is 12.7 Å². The van der Waals surface area contributed by atoms with Crippen molar-refractivity contribution in [3.63, 3.8) is 0 Å². The number of para-hydroxylation sites is 1. The summed E-state index contributed by atoms with van der Waals surface area (Å²) in [4.78, 5) is 17.7. The van der Waals surface area contributed by atoms with Gasteiger partial charge in [0.15, 0.2) is 5.60 Å². The molecule has 2 aliphatic rings. The summed E-state index contributed by atoms with van der Waals surface area (Å²) in [5, 5.41) is 0. The molecule has 0 aromatic heterocycles. The van der Waals surface area contributed by atoms with Crippen LogP contribution in [-0.4, -0.2) is 42.6 Å². The van der Waals surface area contributed by atoms with Crippen LogP contribution in [0.2, 0.25) is 0 Å². The van der Waals surface area contributed by atoms with Crippen LogP contribution in [0.5, 0.6) is 0 Å². The number of hydrogen-bond acceptors (Lipinski definition) is 3. The third-order valence-electron chi connectivity index (χ3n) is 5.89. The number of ether oxygens (including phenoxy) is 1. The maximum atomic E-state index is 13.7. The molecule has 0 N–H and O–H groups in total. The lowest BCUT2D eigenvalue weighted by Gasteiger charge is -2.43. The Kier molecular flexibility index (Phi) is 5.47. The van der Waals surface area contributed by atoms with E-state index in [1.807, 2.05) is 48.2 Å². The smallest absolute Gasteiger partial charge is 0.260 e. The van der Waals surface area contributed by atoms with Gasteiger partial charge in [-0.3, -0.25) is 9.69 Å². The van der Waals surface area contributed by atoms with Gasteiger partial charge in [0.05, 0.1) is 6.61 Å². The highest BCUT2D eigenvalue weighted by Gasteiger charge is 2.47. The Morgan fingerprint density at radius 2 is 1.93 bits per heavy atom. The van der Waals surface area contributed by atoms with Crippen molar-refractivity contribution in [1.82, 2.24) is 4.90 Å². The molecule has 4 nitrogen and oxygen atoms in total. The molecule has 1 spiro atoms. The largest absolute Gasteiger partial charge is 0.362 e. The van der Waals surface area contributed by atoms with Crippen molar-refractivity contribution < 1.29 is 13.9 Å². The Balaban J connectivity index is 1.57. The molecule has 1 unspecified atom stereocenters. The van der Waals surface area contributed by atoms with E-state index in [4.69, 9.17) is 4.74 Å². The van der Waals surface area contributed by atoms with Gasteiger partial charge in [-0.2, -0.15) is 0 Å². The first-order chi connectivity index (χ1) is 13.6. The van der Waals surface area contributed by atoms with Crippen LogP contribution in [0.25, 0.3) is 0 Å². The van der Waals surface area contributed by atoms with Gasteiger partial charge in [0.2, 0.25) is 0 Å². The van der Waals surface area contributed by atoms with Gasteiger partial charge in [-0.15, -0.1) is 0 Å². The molecule has 4 rings (SSSR count). The van der Waals surface area contributed by atoms with Crippen molar-refractivity contribution in [2.24, 2.45) is 0 Å². The molecule has 1 atom stereocenters. The van der Waals surface area contributed by atoms with E-state index in [-0.39, 0.29) is 11.7 Å². The van der Waals surface area contributed by atoms with Crippen LogP contribution in [0.4, 0.5) is 10.1 Å². The molecule has 2 saturated heterocycles. The fourth-order valence-electron chi connectivity index (χ4n) is 4.31. The second-order valence-corrected chi connectivity index (χ2v) is 7.87. The zero-order valence-electron chi connectivity index (χ0n) is 16.4. The lowest BCUT2D eigenvalue weighted by atomic mass is 9.93. The second kappa shape index (κ2) is 8.02. The number of aryl methyl sites for hydroxylation is 1. The van der Waals surface area contributed by atoms with Crippen LogP contribution in [-0.2, 0) is 16.1 Å². The summed E-state index contributed by atoms with van der Waals surface area (Å²) in [5.74, 6) is -0.166. The summed E-state index contributed by atoms with van der Waals surface area (Å²) in [6, 6.07) is 14.7. The first-order valence-corrected chi connectivity index (χ1v) is 10.1. The van der Waals surface area contributed by atoms with Crippen LogP contribution in [0.3, 0.4) is 0 Å². The average molecular weight is 382 g/mol. The summed E-state index contributed by atoms with van der Waals surface area (Å²) in [6.45, 7) is 5.16. The topological polar surface area (TPSA) is 32.8 Å². The van der Waals surface area contributed by atoms with Crippen molar-refractivity contribution >= 4 is 11.6 Å². The molecule has 2 heterocycles. The van der Waals surface area contributed by atoms with E-state index in [0.717, 1.165) is 49.2 Å². The second-order valence-electron chi connectivity index (χ2n) is 7.87. The lowest BCUT2D eigenvalue weighted by Crippen LogP contribution is -2.59. The molecule has 148 valence electrons. The number of amides is 1. The van der Waals surface area contributed by atoms with Gasteiger partial charge >= 0.3 is 0 Å². The number of hydrogen-bond donors (Lipinski definition) is 0. The summed E-state index contributed by atoms with van der Waals surface area (Å²) in [6.07, 6.45) is 2.66. The SMILES string of the molecule is Cc1ccc(F)cc1CN1CCOC2(CCCCN(c3ccccc3)C2=O)C1. The summed E-state index contributed by atoms with van der Waals surface area (Å²) in [5.41, 5.74) is 2.15. The Morgan fingerprint density at radius 1 is 1.11 bits per heavy atom. The number of halogens is 1. The number of carbonyl (C=O) groups is 1. The van der Waals surface area contributed by atoms with Gasteiger partial charge < -0.3 is 9.64 Å². The average Bonchev–Trinajstić information content (AvgIpc) is 2.85. The third kappa shape index (κ3) is 3.82. The predicted octanol–water partition coefficient (Wildman–Crippen LogP) is 3.92. The highest BCUT2D eigenvalue weighted by atomic mass is 19.1. The van der Waals surface area contributed by atoms with Crippen LogP contribution in [0.15, 0.2) is 48.5 Å². The van der Waals surface area contributed by atoms with Gasteiger partial charge in [-0.1, -0.05) is 24.3 Å².